The molecule has 1 aromatic rings. The minimum absolute atomic E-state index is 0.0563. The van der Waals surface area contributed by atoms with E-state index in [0.29, 0.717) is 0 Å². The quantitative estimate of drug-likeness (QED) is 0.0685. The lowest BCUT2D eigenvalue weighted by Crippen LogP contribution is -2.56. The van der Waals surface area contributed by atoms with E-state index in [9.17, 15) is 43.5 Å². The molecule has 1 aliphatic rings. The summed E-state index contributed by atoms with van der Waals surface area (Å²) in [7, 11) is 0. The van der Waals surface area contributed by atoms with E-state index in [-0.39, 0.29) is 37.6 Å². The third-order valence-corrected chi connectivity index (χ3v) is 5.87. The summed E-state index contributed by atoms with van der Waals surface area (Å²) in [5.74, 6) is -8.51. The lowest BCUT2D eigenvalue weighted by molar-refractivity contribution is -0.140. The number of anilines is 1. The van der Waals surface area contributed by atoms with Gasteiger partial charge in [-0.25, -0.2) is 4.68 Å². The molecule has 1 aromatic heterocycles. The first kappa shape index (κ1) is 35.4. The second-order valence-corrected chi connectivity index (χ2v) is 9.57. The van der Waals surface area contributed by atoms with Gasteiger partial charge in [0, 0.05) is 13.0 Å². The van der Waals surface area contributed by atoms with E-state index in [1.54, 1.807) is 0 Å². The molecule has 22 heteroatoms. The van der Waals surface area contributed by atoms with Crippen molar-refractivity contribution in [2.45, 2.75) is 56.8 Å². The van der Waals surface area contributed by atoms with Gasteiger partial charge in [-0.15, -0.1) is 5.10 Å². The van der Waals surface area contributed by atoms with Gasteiger partial charge in [0.25, 0.3) is 0 Å². The number of aliphatic imine (C=N–C) groups is 1. The highest BCUT2D eigenvalue weighted by molar-refractivity contribution is 5.99. The predicted molar refractivity (Wildman–Crippen MR) is 149 cm³/mol. The molecule has 0 radical (unpaired) electrons. The number of hydrogen-bond donors (Lipinski definition) is 10. The Balaban J connectivity index is 2.34. The van der Waals surface area contributed by atoms with Crippen LogP contribution >= 0.6 is 0 Å². The van der Waals surface area contributed by atoms with Gasteiger partial charge < -0.3 is 53.6 Å². The van der Waals surface area contributed by atoms with Crippen LogP contribution in [0.2, 0.25) is 0 Å². The third-order valence-electron chi connectivity index (χ3n) is 5.87. The van der Waals surface area contributed by atoms with Gasteiger partial charge in [-0.3, -0.25) is 43.3 Å². The van der Waals surface area contributed by atoms with Gasteiger partial charge in [0.15, 0.2) is 11.8 Å². The first-order valence-electron chi connectivity index (χ1n) is 13.4. The monoisotopic (exact) mass is 638 g/mol. The molecular formula is C23H34N12O10. The number of nitrogens with one attached hydrogen (secondary N) is 6. The zero-order valence-electron chi connectivity index (χ0n) is 23.8. The molecule has 2 rings (SSSR count). The molecule has 12 N–H and O–H groups in total. The van der Waals surface area contributed by atoms with Crippen molar-refractivity contribution in [2.24, 2.45) is 16.5 Å². The fourth-order valence-electron chi connectivity index (χ4n) is 3.77. The van der Waals surface area contributed by atoms with Crippen LogP contribution in [0.1, 0.15) is 32.1 Å². The first-order valence-corrected chi connectivity index (χ1v) is 13.4. The van der Waals surface area contributed by atoms with Crippen LogP contribution in [0.5, 0.6) is 0 Å². The van der Waals surface area contributed by atoms with Gasteiger partial charge in [-0.05, 0) is 19.3 Å². The Morgan fingerprint density at radius 2 is 1.49 bits per heavy atom. The average Bonchev–Trinajstić information content (AvgIpc) is 3.39. The zero-order chi connectivity index (χ0) is 33.5. The Morgan fingerprint density at radius 1 is 0.844 bits per heavy atom. The Kier molecular flexibility index (Phi) is 13.6. The smallest absolute Gasteiger partial charge is 0.305 e. The summed E-state index contributed by atoms with van der Waals surface area (Å²) in [6.45, 7) is -1.78. The van der Waals surface area contributed by atoms with Crippen LogP contribution in [0.4, 0.5) is 5.82 Å². The second-order valence-electron chi connectivity index (χ2n) is 9.57. The minimum atomic E-state index is -1.61. The molecule has 0 saturated heterocycles. The summed E-state index contributed by atoms with van der Waals surface area (Å²) in [6.07, 6.45) is -0.546. The van der Waals surface area contributed by atoms with Crippen LogP contribution < -0.4 is 43.4 Å². The van der Waals surface area contributed by atoms with Crippen molar-refractivity contribution in [1.29, 1.82) is 0 Å². The molecule has 6 amide bonds. The lowest BCUT2D eigenvalue weighted by Gasteiger charge is -2.23. The van der Waals surface area contributed by atoms with Crippen molar-refractivity contribution in [3.05, 3.63) is 6.20 Å². The number of amides is 6. The number of carboxylic acids is 2. The number of nitrogens with two attached hydrogens (primary N) is 2. The van der Waals surface area contributed by atoms with Crippen LogP contribution in [0.15, 0.2) is 11.2 Å². The topological polar surface area (TPSA) is 344 Å². The van der Waals surface area contributed by atoms with Crippen molar-refractivity contribution in [1.82, 2.24) is 41.6 Å². The summed E-state index contributed by atoms with van der Waals surface area (Å²) in [5.41, 5.74) is 10.6. The lowest BCUT2D eigenvalue weighted by atomic mass is 10.1. The highest BCUT2D eigenvalue weighted by Gasteiger charge is 2.29. The summed E-state index contributed by atoms with van der Waals surface area (Å²) in [4.78, 5) is 103. The number of aromatic nitrogens is 3. The molecule has 246 valence electrons. The van der Waals surface area contributed by atoms with Crippen molar-refractivity contribution in [3.8, 4) is 0 Å². The van der Waals surface area contributed by atoms with Crippen molar-refractivity contribution < 1.29 is 48.6 Å². The number of carbonyl (C=O) groups excluding carboxylic acids is 6. The van der Waals surface area contributed by atoms with Crippen molar-refractivity contribution >= 4 is 59.2 Å². The Labute approximate surface area is 254 Å². The molecule has 0 spiro atoms. The van der Waals surface area contributed by atoms with Crippen LogP contribution in [-0.4, -0.2) is 116 Å². The van der Waals surface area contributed by atoms with Gasteiger partial charge >= 0.3 is 11.9 Å². The largest absolute Gasteiger partial charge is 0.481 e. The number of carboxylic acid groups (broad SMARTS) is 2. The number of fused-ring (bicyclic) bond motifs is 2. The molecule has 22 nitrogen and oxygen atoms in total. The summed E-state index contributed by atoms with van der Waals surface area (Å²) in [5, 5.41) is 39.3. The van der Waals surface area contributed by atoms with E-state index < -0.39 is 98.0 Å². The molecular weight excluding hydrogens is 604 g/mol. The highest BCUT2D eigenvalue weighted by Crippen LogP contribution is 2.05. The maximum absolute atomic E-state index is 13.1. The van der Waals surface area contributed by atoms with Crippen LogP contribution in [0.25, 0.3) is 0 Å². The molecule has 45 heavy (non-hydrogen) atoms. The number of aliphatic carboxylic acids is 2. The maximum atomic E-state index is 13.1. The predicted octanol–water partition coefficient (Wildman–Crippen LogP) is -5.69. The second kappa shape index (κ2) is 17.3. The average molecular weight is 639 g/mol. The number of hydrogen-bond acceptors (Lipinski definition) is 11. The molecule has 0 aromatic carbocycles. The van der Waals surface area contributed by atoms with Crippen molar-refractivity contribution in [3.63, 3.8) is 0 Å². The van der Waals surface area contributed by atoms with E-state index in [1.807, 2.05) is 0 Å². The first-order chi connectivity index (χ1) is 21.2. The van der Waals surface area contributed by atoms with Gasteiger partial charge in [0.05, 0.1) is 25.7 Å². The minimum Gasteiger partial charge on any atom is -0.481 e. The van der Waals surface area contributed by atoms with Crippen LogP contribution in [0.3, 0.4) is 0 Å². The molecule has 2 bridgehead atoms. The van der Waals surface area contributed by atoms with Gasteiger partial charge in [0.1, 0.15) is 24.7 Å². The number of carbonyl (C=O) groups is 8. The molecule has 0 aliphatic carbocycles. The van der Waals surface area contributed by atoms with E-state index in [0.717, 1.165) is 10.9 Å². The van der Waals surface area contributed by atoms with Gasteiger partial charge in [-0.2, -0.15) is 0 Å². The van der Waals surface area contributed by atoms with E-state index in [2.05, 4.69) is 47.2 Å². The maximum Gasteiger partial charge on any atom is 0.305 e. The summed E-state index contributed by atoms with van der Waals surface area (Å²) in [6, 6.07) is -4.39. The Morgan fingerprint density at radius 3 is 2.13 bits per heavy atom. The van der Waals surface area contributed by atoms with E-state index in [4.69, 9.17) is 16.6 Å². The molecule has 3 atom stereocenters. The molecule has 0 unspecified atom stereocenters. The van der Waals surface area contributed by atoms with Gasteiger partial charge in [0.2, 0.25) is 35.4 Å². The van der Waals surface area contributed by atoms with Crippen molar-refractivity contribution in [2.75, 3.05) is 25.0 Å². The fraction of sp³-hybridized carbons (Fsp3) is 0.522. The van der Waals surface area contributed by atoms with E-state index in [1.165, 1.54) is 0 Å². The van der Waals surface area contributed by atoms with Crippen LogP contribution in [-0.2, 0) is 44.9 Å². The molecule has 2 heterocycles. The normalized spacial score (nSPS) is 20.6. The SMILES string of the molecule is NC(N)=NCCC[C@@H]1NC(=O)[C@H](CCC(=O)O)NC(=O)CNC(=O)Cn2cc(nn2)NC(=O)[C@H](CC(=O)O)NC(=O)CNC1=O. The molecule has 0 saturated carbocycles. The Bertz CT molecular complexity index is 1330. The number of rotatable bonds is 9. The zero-order valence-corrected chi connectivity index (χ0v) is 23.8. The number of guanidine groups is 1. The number of nitrogens with zero attached hydrogens (tertiary/aromatic N) is 4. The standard InChI is InChI=1S/C23H34N12O10/c24-23(25)26-5-1-2-11-20(43)28-8-16(37)30-13(6-19(41)42)22(45)32-14-9-35(34-33-14)10-17(38)27-7-15(36)29-12(21(44)31-11)3-4-18(39)40/h9,11-13H,1-8,10H2,(H,27,38)(H,28,43)(H,29,36)(H,30,37)(H,31,44)(H,32,45)(H,39,40)(H,41,42)(H4,24,25,26)/t11-,12-,13-/m0/s1. The van der Waals surface area contributed by atoms with Crippen LogP contribution in [0, 0.1) is 0 Å². The molecule has 1 aliphatic heterocycles. The summed E-state index contributed by atoms with van der Waals surface area (Å²) >= 11 is 0. The fourth-order valence-corrected chi connectivity index (χ4v) is 3.77. The highest BCUT2D eigenvalue weighted by atomic mass is 16.4. The van der Waals surface area contributed by atoms with Gasteiger partial charge in [-0.1, -0.05) is 5.21 Å². The summed E-state index contributed by atoms with van der Waals surface area (Å²) < 4.78 is 0.988. The Hall–Kier alpha value is -5.83. The molecule has 0 fully saturated rings. The third kappa shape index (κ3) is 13.3. The van der Waals surface area contributed by atoms with E-state index >= 15 is 0 Å².